The first-order valence-corrected chi connectivity index (χ1v) is 10.7. The Morgan fingerprint density at radius 3 is 2.42 bits per heavy atom. The fourth-order valence-electron chi connectivity index (χ4n) is 2.95. The minimum atomic E-state index is -0.136. The van der Waals surface area contributed by atoms with Crippen LogP contribution in [0, 0.1) is 0 Å². The van der Waals surface area contributed by atoms with Crippen LogP contribution in [-0.2, 0) is 6.54 Å². The van der Waals surface area contributed by atoms with E-state index in [4.69, 9.17) is 11.6 Å². The van der Waals surface area contributed by atoms with Gasteiger partial charge in [-0.3, -0.25) is 4.79 Å². The predicted molar refractivity (Wildman–Crippen MR) is 128 cm³/mol. The number of nitrogens with one attached hydrogen (secondary N) is 2. The summed E-state index contributed by atoms with van der Waals surface area (Å²) in [5.74, 6) is 0.335. The summed E-state index contributed by atoms with van der Waals surface area (Å²) in [5, 5.41) is 6.78. The standard InChI is InChI=1S/C24H18BrClN4O/c25-21-4-2-1-3-18(21)15-28-23(31)17-7-11-20(12-8-17)29-24-27-14-13-22(30-24)16-5-9-19(26)10-6-16/h1-14H,15H2,(H,28,31)(H,27,29,30). The molecule has 3 aromatic carbocycles. The number of carbonyl (C=O) groups excluding carboxylic acids is 1. The molecule has 4 rings (SSSR count). The zero-order chi connectivity index (χ0) is 21.6. The van der Waals surface area contributed by atoms with Crippen LogP contribution in [-0.4, -0.2) is 15.9 Å². The Kier molecular flexibility index (Phi) is 6.60. The number of hydrogen-bond acceptors (Lipinski definition) is 4. The van der Waals surface area contributed by atoms with Crippen LogP contribution in [0.1, 0.15) is 15.9 Å². The van der Waals surface area contributed by atoms with Crippen molar-refractivity contribution in [3.05, 3.63) is 106 Å². The normalized spacial score (nSPS) is 10.5. The van der Waals surface area contributed by atoms with Gasteiger partial charge in [-0.2, -0.15) is 0 Å². The molecule has 1 amide bonds. The van der Waals surface area contributed by atoms with Crippen LogP contribution in [0.3, 0.4) is 0 Å². The molecular weight excluding hydrogens is 476 g/mol. The van der Waals surface area contributed by atoms with E-state index in [1.165, 1.54) is 0 Å². The van der Waals surface area contributed by atoms with Gasteiger partial charge in [-0.05, 0) is 54.1 Å². The number of rotatable bonds is 6. The molecule has 0 unspecified atom stereocenters. The highest BCUT2D eigenvalue weighted by Gasteiger charge is 2.08. The Labute approximate surface area is 193 Å². The summed E-state index contributed by atoms with van der Waals surface area (Å²) in [7, 11) is 0. The van der Waals surface area contributed by atoms with Crippen LogP contribution in [0.5, 0.6) is 0 Å². The summed E-state index contributed by atoms with van der Waals surface area (Å²) in [5.41, 5.74) is 4.13. The van der Waals surface area contributed by atoms with E-state index in [0.29, 0.717) is 23.1 Å². The SMILES string of the molecule is O=C(NCc1ccccc1Br)c1ccc(Nc2nccc(-c3ccc(Cl)cc3)n2)cc1. The molecule has 0 atom stereocenters. The van der Waals surface area contributed by atoms with Crippen molar-refractivity contribution in [1.29, 1.82) is 0 Å². The summed E-state index contributed by atoms with van der Waals surface area (Å²) in [6.07, 6.45) is 1.70. The van der Waals surface area contributed by atoms with Gasteiger partial charge in [0.15, 0.2) is 0 Å². The molecule has 31 heavy (non-hydrogen) atoms. The number of halogens is 2. The van der Waals surface area contributed by atoms with Crippen LogP contribution in [0.25, 0.3) is 11.3 Å². The van der Waals surface area contributed by atoms with E-state index in [0.717, 1.165) is 27.0 Å². The number of hydrogen-bond donors (Lipinski definition) is 2. The van der Waals surface area contributed by atoms with Gasteiger partial charge in [0, 0.05) is 39.1 Å². The second-order valence-corrected chi connectivity index (χ2v) is 8.04. The lowest BCUT2D eigenvalue weighted by molar-refractivity contribution is 0.0951. The van der Waals surface area contributed by atoms with Gasteiger partial charge in [0.1, 0.15) is 0 Å². The molecular formula is C24H18BrClN4O. The van der Waals surface area contributed by atoms with Crippen molar-refractivity contribution < 1.29 is 4.79 Å². The van der Waals surface area contributed by atoms with Crippen LogP contribution in [0.2, 0.25) is 5.02 Å². The monoisotopic (exact) mass is 492 g/mol. The van der Waals surface area contributed by atoms with Gasteiger partial charge >= 0.3 is 0 Å². The molecule has 0 aliphatic rings. The van der Waals surface area contributed by atoms with E-state index in [9.17, 15) is 4.79 Å². The van der Waals surface area contributed by atoms with E-state index >= 15 is 0 Å². The van der Waals surface area contributed by atoms with Crippen molar-refractivity contribution >= 4 is 45.1 Å². The Balaban J connectivity index is 1.40. The number of aromatic nitrogens is 2. The van der Waals surface area contributed by atoms with Gasteiger partial charge in [-0.25, -0.2) is 9.97 Å². The third kappa shape index (κ3) is 5.48. The molecule has 0 saturated carbocycles. The third-order valence-corrected chi connectivity index (χ3v) is 5.62. The maximum Gasteiger partial charge on any atom is 0.251 e. The van der Waals surface area contributed by atoms with Crippen molar-refractivity contribution in [1.82, 2.24) is 15.3 Å². The molecule has 0 spiro atoms. The lowest BCUT2D eigenvalue weighted by Gasteiger charge is -2.09. The Hall–Kier alpha value is -3.22. The smallest absolute Gasteiger partial charge is 0.251 e. The Morgan fingerprint density at radius 2 is 1.68 bits per heavy atom. The highest BCUT2D eigenvalue weighted by molar-refractivity contribution is 9.10. The van der Waals surface area contributed by atoms with Gasteiger partial charge in [0.25, 0.3) is 5.91 Å². The van der Waals surface area contributed by atoms with Gasteiger partial charge < -0.3 is 10.6 Å². The van der Waals surface area contributed by atoms with E-state index in [1.807, 2.05) is 66.7 Å². The van der Waals surface area contributed by atoms with Gasteiger partial charge in [-0.15, -0.1) is 0 Å². The van der Waals surface area contributed by atoms with Crippen molar-refractivity contribution in [2.45, 2.75) is 6.54 Å². The Bertz CT molecular complexity index is 1200. The Morgan fingerprint density at radius 1 is 0.935 bits per heavy atom. The summed E-state index contributed by atoms with van der Waals surface area (Å²) in [6, 6.07) is 24.3. The topological polar surface area (TPSA) is 66.9 Å². The van der Waals surface area contributed by atoms with Crippen LogP contribution in [0.4, 0.5) is 11.6 Å². The molecule has 0 bridgehead atoms. The maximum absolute atomic E-state index is 12.4. The van der Waals surface area contributed by atoms with Crippen LogP contribution >= 0.6 is 27.5 Å². The molecule has 5 nitrogen and oxygen atoms in total. The average molecular weight is 494 g/mol. The van der Waals surface area contributed by atoms with E-state index in [1.54, 1.807) is 18.3 Å². The lowest BCUT2D eigenvalue weighted by atomic mass is 10.1. The zero-order valence-electron chi connectivity index (χ0n) is 16.3. The molecule has 7 heteroatoms. The minimum absolute atomic E-state index is 0.136. The molecule has 0 aliphatic heterocycles. The average Bonchev–Trinajstić information content (AvgIpc) is 2.79. The van der Waals surface area contributed by atoms with E-state index in [2.05, 4.69) is 36.5 Å². The first-order valence-electron chi connectivity index (χ1n) is 9.56. The largest absolute Gasteiger partial charge is 0.348 e. The maximum atomic E-state index is 12.4. The highest BCUT2D eigenvalue weighted by Crippen LogP contribution is 2.22. The van der Waals surface area contributed by atoms with Crippen molar-refractivity contribution in [2.75, 3.05) is 5.32 Å². The fraction of sp³-hybridized carbons (Fsp3) is 0.0417. The molecule has 1 heterocycles. The first-order chi connectivity index (χ1) is 15.1. The van der Waals surface area contributed by atoms with Gasteiger partial charge in [0.05, 0.1) is 5.69 Å². The molecule has 0 radical (unpaired) electrons. The van der Waals surface area contributed by atoms with Crippen molar-refractivity contribution in [2.24, 2.45) is 0 Å². The number of carbonyl (C=O) groups is 1. The summed E-state index contributed by atoms with van der Waals surface area (Å²) in [6.45, 7) is 0.450. The first kappa shape index (κ1) is 21.0. The minimum Gasteiger partial charge on any atom is -0.348 e. The second kappa shape index (κ2) is 9.73. The van der Waals surface area contributed by atoms with Crippen LogP contribution < -0.4 is 10.6 Å². The van der Waals surface area contributed by atoms with Gasteiger partial charge in [0.2, 0.25) is 5.95 Å². The van der Waals surface area contributed by atoms with Gasteiger partial charge in [-0.1, -0.05) is 57.9 Å². The predicted octanol–water partition coefficient (Wildman–Crippen LogP) is 6.23. The molecule has 1 aromatic heterocycles. The molecule has 0 fully saturated rings. The zero-order valence-corrected chi connectivity index (χ0v) is 18.7. The summed E-state index contributed by atoms with van der Waals surface area (Å²) < 4.78 is 0.968. The quantitative estimate of drug-likeness (QED) is 0.334. The fourth-order valence-corrected chi connectivity index (χ4v) is 3.50. The molecule has 0 aliphatic carbocycles. The highest BCUT2D eigenvalue weighted by atomic mass is 79.9. The van der Waals surface area contributed by atoms with E-state index in [-0.39, 0.29) is 5.91 Å². The number of benzene rings is 3. The molecule has 4 aromatic rings. The summed E-state index contributed by atoms with van der Waals surface area (Å²) >= 11 is 9.44. The number of amides is 1. The van der Waals surface area contributed by atoms with E-state index < -0.39 is 0 Å². The third-order valence-electron chi connectivity index (χ3n) is 4.60. The molecule has 154 valence electrons. The van der Waals surface area contributed by atoms with Crippen molar-refractivity contribution in [3.63, 3.8) is 0 Å². The van der Waals surface area contributed by atoms with Crippen molar-refractivity contribution in [3.8, 4) is 11.3 Å². The van der Waals surface area contributed by atoms with Crippen LogP contribution in [0.15, 0.2) is 89.5 Å². The summed E-state index contributed by atoms with van der Waals surface area (Å²) in [4.78, 5) is 21.3. The second-order valence-electron chi connectivity index (χ2n) is 6.75. The number of nitrogens with zero attached hydrogens (tertiary/aromatic N) is 2. The molecule has 0 saturated heterocycles. The lowest BCUT2D eigenvalue weighted by Crippen LogP contribution is -2.22. The molecule has 2 N–H and O–H groups in total. The number of anilines is 2.